The van der Waals surface area contributed by atoms with E-state index in [1.807, 2.05) is 20.8 Å². The molecule has 120 valence electrons. The fraction of sp³-hybridized carbons (Fsp3) is 0.667. The van der Waals surface area contributed by atoms with E-state index in [9.17, 15) is 17.8 Å². The average Bonchev–Trinajstić information content (AvgIpc) is 2.30. The van der Waals surface area contributed by atoms with Crippen LogP contribution in [-0.2, 0) is 19.6 Å². The second kappa shape index (κ2) is 6.75. The quantitative estimate of drug-likeness (QED) is 0.460. The molecule has 0 saturated heterocycles. The van der Waals surface area contributed by atoms with Gasteiger partial charge in [-0.15, -0.1) is 0 Å². The Labute approximate surface area is 126 Å². The molecule has 0 aliphatic heterocycles. The first-order valence-corrected chi connectivity index (χ1v) is 8.62. The summed E-state index contributed by atoms with van der Waals surface area (Å²) in [6.45, 7) is 7.47. The molecule has 0 atom stereocenters. The minimum absolute atomic E-state index is 0.0154. The summed E-state index contributed by atoms with van der Waals surface area (Å²) in [6, 6.07) is 0. The van der Waals surface area contributed by atoms with Crippen molar-refractivity contribution in [3.8, 4) is 0 Å². The van der Waals surface area contributed by atoms with Crippen LogP contribution in [0.5, 0.6) is 0 Å². The Hall–Kier alpha value is -1.14. The summed E-state index contributed by atoms with van der Waals surface area (Å²) in [5.41, 5.74) is 0.242. The van der Waals surface area contributed by atoms with Gasteiger partial charge in [-0.05, 0) is 30.8 Å². The molecule has 21 heavy (non-hydrogen) atoms. The van der Waals surface area contributed by atoms with E-state index in [1.54, 1.807) is 6.92 Å². The van der Waals surface area contributed by atoms with Crippen LogP contribution in [-0.4, -0.2) is 18.9 Å². The van der Waals surface area contributed by atoms with Crippen LogP contribution in [0.25, 0.3) is 0 Å². The highest BCUT2D eigenvalue weighted by atomic mass is 32.2. The highest BCUT2D eigenvalue weighted by molar-refractivity contribution is 7.90. The molecular formula is C15H24O5S. The van der Waals surface area contributed by atoms with Gasteiger partial charge in [0.2, 0.25) is 0 Å². The Morgan fingerprint density at radius 2 is 2.00 bits per heavy atom. The van der Waals surface area contributed by atoms with Gasteiger partial charge < -0.3 is 4.74 Å². The van der Waals surface area contributed by atoms with Gasteiger partial charge in [-0.2, -0.15) is 8.42 Å². The molecule has 0 bridgehead atoms. The molecule has 1 aliphatic rings. The first-order chi connectivity index (χ1) is 9.57. The van der Waals surface area contributed by atoms with Crippen molar-refractivity contribution in [2.75, 3.05) is 0 Å². The van der Waals surface area contributed by atoms with Crippen LogP contribution < -0.4 is 0 Å². The van der Waals surface area contributed by atoms with Gasteiger partial charge in [-0.3, -0.25) is 9.35 Å². The van der Waals surface area contributed by atoms with Crippen molar-refractivity contribution in [2.24, 2.45) is 5.41 Å². The Balaban J connectivity index is 2.98. The van der Waals surface area contributed by atoms with Crippen molar-refractivity contribution >= 4 is 16.1 Å². The molecule has 0 unspecified atom stereocenters. The Bertz CT molecular complexity index is 567. The number of ether oxygens (including phenoxy) is 1. The summed E-state index contributed by atoms with van der Waals surface area (Å²) < 4.78 is 37.7. The standard InChI is InChI=1S/C15H24O5S/c1-5-6-7-8-13(16)20-14-11(2)9-15(3,4)10-12(14)21(17,18)19/h10H,5-9H2,1-4H3,(H,17,18,19). The van der Waals surface area contributed by atoms with Crippen molar-refractivity contribution in [3.63, 3.8) is 0 Å². The third-order valence-corrected chi connectivity index (χ3v) is 4.19. The monoisotopic (exact) mass is 316 g/mol. The van der Waals surface area contributed by atoms with Crippen molar-refractivity contribution in [1.82, 2.24) is 0 Å². The van der Waals surface area contributed by atoms with Gasteiger partial charge in [0.25, 0.3) is 10.1 Å². The normalized spacial score (nSPS) is 18.4. The van der Waals surface area contributed by atoms with Gasteiger partial charge >= 0.3 is 5.97 Å². The lowest BCUT2D eigenvalue weighted by Crippen LogP contribution is -2.22. The molecule has 6 heteroatoms. The van der Waals surface area contributed by atoms with Gasteiger partial charge in [0, 0.05) is 6.42 Å². The second-order valence-electron chi connectivity index (χ2n) is 6.19. The molecule has 0 heterocycles. The maximum atomic E-state index is 11.8. The Morgan fingerprint density at radius 3 is 2.52 bits per heavy atom. The lowest BCUT2D eigenvalue weighted by Gasteiger charge is -2.28. The first kappa shape index (κ1) is 17.9. The average molecular weight is 316 g/mol. The highest BCUT2D eigenvalue weighted by Gasteiger charge is 2.33. The van der Waals surface area contributed by atoms with Crippen molar-refractivity contribution < 1.29 is 22.5 Å². The predicted molar refractivity (Wildman–Crippen MR) is 81.0 cm³/mol. The van der Waals surface area contributed by atoms with Crippen LogP contribution >= 0.6 is 0 Å². The number of rotatable bonds is 6. The zero-order valence-electron chi connectivity index (χ0n) is 13.1. The Morgan fingerprint density at radius 1 is 1.38 bits per heavy atom. The zero-order valence-corrected chi connectivity index (χ0v) is 13.9. The maximum absolute atomic E-state index is 11.8. The van der Waals surface area contributed by atoms with E-state index in [4.69, 9.17) is 4.74 Å². The fourth-order valence-corrected chi connectivity index (χ4v) is 3.38. The number of carbonyl (C=O) groups is 1. The van der Waals surface area contributed by atoms with E-state index in [1.165, 1.54) is 6.08 Å². The van der Waals surface area contributed by atoms with Crippen molar-refractivity contribution in [2.45, 2.75) is 59.8 Å². The van der Waals surface area contributed by atoms with E-state index in [0.717, 1.165) is 12.8 Å². The van der Waals surface area contributed by atoms with E-state index in [2.05, 4.69) is 0 Å². The Kier molecular flexibility index (Phi) is 5.75. The summed E-state index contributed by atoms with van der Waals surface area (Å²) in [7, 11) is -4.42. The minimum Gasteiger partial charge on any atom is -0.425 e. The van der Waals surface area contributed by atoms with Gasteiger partial charge in [0.1, 0.15) is 4.91 Å². The molecule has 0 amide bonds. The highest BCUT2D eigenvalue weighted by Crippen LogP contribution is 2.39. The molecule has 1 rings (SSSR count). The molecular weight excluding hydrogens is 292 g/mol. The topological polar surface area (TPSA) is 80.7 Å². The maximum Gasteiger partial charge on any atom is 0.311 e. The lowest BCUT2D eigenvalue weighted by molar-refractivity contribution is -0.139. The molecule has 0 aromatic rings. The SMILES string of the molecule is CCCCCC(=O)OC1=C(C)CC(C)(C)C=C1S(=O)(=O)O. The summed E-state index contributed by atoms with van der Waals surface area (Å²) in [5.74, 6) is -0.481. The predicted octanol–water partition coefficient (Wildman–Crippen LogP) is 3.59. The van der Waals surface area contributed by atoms with Crippen molar-refractivity contribution in [1.29, 1.82) is 0 Å². The largest absolute Gasteiger partial charge is 0.425 e. The molecule has 0 radical (unpaired) electrons. The van der Waals surface area contributed by atoms with Crippen LogP contribution in [0.4, 0.5) is 0 Å². The minimum atomic E-state index is -4.42. The number of allylic oxidation sites excluding steroid dienone is 2. The number of carbonyl (C=O) groups excluding carboxylic acids is 1. The third-order valence-electron chi connectivity index (χ3n) is 3.33. The van der Waals surface area contributed by atoms with Crippen LogP contribution in [0, 0.1) is 5.41 Å². The van der Waals surface area contributed by atoms with Crippen LogP contribution in [0.3, 0.4) is 0 Å². The molecule has 0 fully saturated rings. The van der Waals surface area contributed by atoms with Crippen molar-refractivity contribution in [3.05, 3.63) is 22.3 Å². The summed E-state index contributed by atoms with van der Waals surface area (Å²) >= 11 is 0. The molecule has 0 aromatic carbocycles. The van der Waals surface area contributed by atoms with E-state index < -0.39 is 21.5 Å². The fourth-order valence-electron chi connectivity index (χ4n) is 2.46. The van der Waals surface area contributed by atoms with Crippen LogP contribution in [0.2, 0.25) is 0 Å². The molecule has 0 spiro atoms. The number of hydrogen-bond donors (Lipinski definition) is 1. The molecule has 0 saturated carbocycles. The summed E-state index contributed by atoms with van der Waals surface area (Å²) in [5, 5.41) is 0. The molecule has 1 N–H and O–H groups in total. The molecule has 0 aromatic heterocycles. The van der Waals surface area contributed by atoms with Gasteiger partial charge in [0.05, 0.1) is 0 Å². The molecule has 5 nitrogen and oxygen atoms in total. The zero-order chi connectivity index (χ0) is 16.3. The van der Waals surface area contributed by atoms with E-state index >= 15 is 0 Å². The number of hydrogen-bond acceptors (Lipinski definition) is 4. The third kappa shape index (κ3) is 5.28. The summed E-state index contributed by atoms with van der Waals surface area (Å²) in [6.07, 6.45) is 4.87. The van der Waals surface area contributed by atoms with E-state index in [-0.39, 0.29) is 17.1 Å². The molecule has 1 aliphatic carbocycles. The van der Waals surface area contributed by atoms with E-state index in [0.29, 0.717) is 18.4 Å². The van der Waals surface area contributed by atoms with Crippen LogP contribution in [0.15, 0.2) is 22.3 Å². The number of esters is 1. The smallest absolute Gasteiger partial charge is 0.311 e. The number of unbranched alkanes of at least 4 members (excludes halogenated alkanes) is 2. The second-order valence-corrected chi connectivity index (χ2v) is 7.58. The summed E-state index contributed by atoms with van der Waals surface area (Å²) in [4.78, 5) is 11.5. The lowest BCUT2D eigenvalue weighted by atomic mass is 9.82. The van der Waals surface area contributed by atoms with Gasteiger partial charge in [-0.25, -0.2) is 0 Å². The first-order valence-electron chi connectivity index (χ1n) is 7.18. The van der Waals surface area contributed by atoms with Gasteiger partial charge in [-0.1, -0.05) is 39.7 Å². The van der Waals surface area contributed by atoms with Gasteiger partial charge in [0.15, 0.2) is 5.76 Å². The van der Waals surface area contributed by atoms with Crippen LogP contribution in [0.1, 0.15) is 59.8 Å².